The van der Waals surface area contributed by atoms with Gasteiger partial charge in [0.25, 0.3) is 0 Å². The predicted octanol–water partition coefficient (Wildman–Crippen LogP) is 5.54. The zero-order valence-corrected chi connectivity index (χ0v) is 12.0. The molecule has 0 aliphatic heterocycles. The minimum absolute atomic E-state index is 0.228. The van der Waals surface area contributed by atoms with E-state index >= 15 is 0 Å². The van der Waals surface area contributed by atoms with Crippen LogP contribution in [0.15, 0.2) is 29.6 Å². The first kappa shape index (κ1) is 12.7. The van der Waals surface area contributed by atoms with Crippen molar-refractivity contribution in [3.05, 3.63) is 50.1 Å². The summed E-state index contributed by atoms with van der Waals surface area (Å²) in [6.45, 7) is 4.05. The van der Waals surface area contributed by atoms with Gasteiger partial charge in [-0.05, 0) is 43.0 Å². The van der Waals surface area contributed by atoms with E-state index in [0.717, 1.165) is 16.3 Å². The molecule has 0 aliphatic carbocycles. The number of hydrogen-bond acceptors (Lipinski definition) is 2. The van der Waals surface area contributed by atoms with Crippen molar-refractivity contribution in [3.63, 3.8) is 0 Å². The van der Waals surface area contributed by atoms with Gasteiger partial charge in [0.1, 0.15) is 0 Å². The number of anilines is 1. The first-order chi connectivity index (χ1) is 8.08. The van der Waals surface area contributed by atoms with E-state index in [1.54, 1.807) is 11.3 Å². The minimum atomic E-state index is 0.228. The molecule has 0 saturated carbocycles. The van der Waals surface area contributed by atoms with Crippen LogP contribution in [0, 0.1) is 6.92 Å². The predicted molar refractivity (Wildman–Crippen MR) is 77.6 cm³/mol. The van der Waals surface area contributed by atoms with Gasteiger partial charge in [-0.3, -0.25) is 0 Å². The van der Waals surface area contributed by atoms with Gasteiger partial charge in [0.15, 0.2) is 0 Å². The standard InChI is InChI=1S/C13H13Cl2NS/c1-8-6-11(15)12(7-10(8)14)16-9(2)13-4-3-5-17-13/h3-7,9,16H,1-2H3. The molecule has 1 unspecified atom stereocenters. The van der Waals surface area contributed by atoms with Gasteiger partial charge in [-0.15, -0.1) is 11.3 Å². The largest absolute Gasteiger partial charge is 0.376 e. The van der Waals surface area contributed by atoms with Crippen LogP contribution in [0.25, 0.3) is 0 Å². The van der Waals surface area contributed by atoms with Gasteiger partial charge in [-0.25, -0.2) is 0 Å². The van der Waals surface area contributed by atoms with E-state index in [2.05, 4.69) is 23.7 Å². The Balaban J connectivity index is 2.22. The van der Waals surface area contributed by atoms with Gasteiger partial charge < -0.3 is 5.32 Å². The first-order valence-electron chi connectivity index (χ1n) is 5.33. The lowest BCUT2D eigenvalue weighted by atomic mass is 10.2. The summed E-state index contributed by atoms with van der Waals surface area (Å²) in [5.41, 5.74) is 1.87. The third kappa shape index (κ3) is 2.95. The molecule has 1 N–H and O–H groups in total. The van der Waals surface area contributed by atoms with Gasteiger partial charge in [-0.2, -0.15) is 0 Å². The van der Waals surface area contributed by atoms with Gasteiger partial charge >= 0.3 is 0 Å². The number of thiophene rings is 1. The fourth-order valence-electron chi connectivity index (χ4n) is 1.60. The fraction of sp³-hybridized carbons (Fsp3) is 0.231. The smallest absolute Gasteiger partial charge is 0.0641 e. The van der Waals surface area contributed by atoms with Crippen LogP contribution in [-0.4, -0.2) is 0 Å². The van der Waals surface area contributed by atoms with E-state index in [9.17, 15) is 0 Å². The second-order valence-corrected chi connectivity index (χ2v) is 5.76. The van der Waals surface area contributed by atoms with Crippen molar-refractivity contribution in [1.82, 2.24) is 0 Å². The lowest BCUT2D eigenvalue weighted by Crippen LogP contribution is -2.05. The van der Waals surface area contributed by atoms with Crippen molar-refractivity contribution in [2.45, 2.75) is 19.9 Å². The topological polar surface area (TPSA) is 12.0 Å². The third-order valence-corrected chi connectivity index (χ3v) is 4.37. The van der Waals surface area contributed by atoms with Crippen LogP contribution < -0.4 is 5.32 Å². The van der Waals surface area contributed by atoms with Gasteiger partial charge in [-0.1, -0.05) is 29.3 Å². The number of rotatable bonds is 3. The van der Waals surface area contributed by atoms with Crippen LogP contribution in [0.2, 0.25) is 10.0 Å². The summed E-state index contributed by atoms with van der Waals surface area (Å²) in [5, 5.41) is 6.88. The van der Waals surface area contributed by atoms with Gasteiger partial charge in [0.05, 0.1) is 16.8 Å². The molecule has 17 heavy (non-hydrogen) atoms. The molecular formula is C13H13Cl2NS. The SMILES string of the molecule is Cc1cc(Cl)c(NC(C)c2cccs2)cc1Cl. The first-order valence-corrected chi connectivity index (χ1v) is 6.97. The summed E-state index contributed by atoms with van der Waals surface area (Å²) < 4.78 is 0. The highest BCUT2D eigenvalue weighted by atomic mass is 35.5. The Hall–Kier alpha value is -0.700. The number of halogens is 2. The lowest BCUT2D eigenvalue weighted by Gasteiger charge is -2.16. The average molecular weight is 286 g/mol. The monoisotopic (exact) mass is 285 g/mol. The molecule has 2 aromatic rings. The van der Waals surface area contributed by atoms with Crippen LogP contribution in [0.1, 0.15) is 23.4 Å². The summed E-state index contributed by atoms with van der Waals surface area (Å²) in [6.07, 6.45) is 0. The maximum Gasteiger partial charge on any atom is 0.0641 e. The lowest BCUT2D eigenvalue weighted by molar-refractivity contribution is 0.908. The maximum absolute atomic E-state index is 6.19. The Kier molecular flexibility index (Phi) is 3.97. The average Bonchev–Trinajstić information content (AvgIpc) is 2.79. The summed E-state index contributed by atoms with van der Waals surface area (Å²) in [5.74, 6) is 0. The molecule has 0 saturated heterocycles. The summed E-state index contributed by atoms with van der Waals surface area (Å²) in [6, 6.07) is 8.14. The van der Waals surface area contributed by atoms with E-state index < -0.39 is 0 Å². The Bertz CT molecular complexity index is 508. The molecule has 1 heterocycles. The minimum Gasteiger partial charge on any atom is -0.376 e. The number of aryl methyl sites for hydroxylation is 1. The van der Waals surface area contributed by atoms with Gasteiger partial charge in [0, 0.05) is 9.90 Å². The highest BCUT2D eigenvalue weighted by Gasteiger charge is 2.10. The molecule has 4 heteroatoms. The second-order valence-electron chi connectivity index (χ2n) is 3.96. The van der Waals surface area contributed by atoms with Crippen molar-refractivity contribution in [1.29, 1.82) is 0 Å². The summed E-state index contributed by atoms with van der Waals surface area (Å²) in [4.78, 5) is 1.28. The Labute approximate surface area is 115 Å². The molecule has 1 atom stereocenters. The van der Waals surface area contributed by atoms with E-state index in [0.29, 0.717) is 5.02 Å². The van der Waals surface area contributed by atoms with Gasteiger partial charge in [0.2, 0.25) is 0 Å². The van der Waals surface area contributed by atoms with Crippen molar-refractivity contribution in [2.75, 3.05) is 5.32 Å². The molecule has 90 valence electrons. The quantitative estimate of drug-likeness (QED) is 0.781. The Morgan fingerprint density at radius 3 is 2.65 bits per heavy atom. The molecule has 0 radical (unpaired) electrons. The number of nitrogens with one attached hydrogen (secondary N) is 1. The van der Waals surface area contributed by atoms with E-state index in [1.165, 1.54) is 4.88 Å². The van der Waals surface area contributed by atoms with E-state index in [1.807, 2.05) is 25.1 Å². The van der Waals surface area contributed by atoms with E-state index in [-0.39, 0.29) is 6.04 Å². The number of hydrogen-bond donors (Lipinski definition) is 1. The highest BCUT2D eigenvalue weighted by molar-refractivity contribution is 7.10. The van der Waals surface area contributed by atoms with Crippen molar-refractivity contribution >= 4 is 40.2 Å². The van der Waals surface area contributed by atoms with Crippen LogP contribution >= 0.6 is 34.5 Å². The van der Waals surface area contributed by atoms with Crippen LogP contribution in [-0.2, 0) is 0 Å². The zero-order chi connectivity index (χ0) is 12.4. The second kappa shape index (κ2) is 5.30. The normalized spacial score (nSPS) is 12.5. The summed E-state index contributed by atoms with van der Waals surface area (Å²) in [7, 11) is 0. The molecule has 0 fully saturated rings. The van der Waals surface area contributed by atoms with Crippen molar-refractivity contribution in [2.24, 2.45) is 0 Å². The van der Waals surface area contributed by atoms with Crippen molar-refractivity contribution < 1.29 is 0 Å². The number of benzene rings is 1. The van der Waals surface area contributed by atoms with Crippen LogP contribution in [0.4, 0.5) is 5.69 Å². The molecule has 2 rings (SSSR count). The van der Waals surface area contributed by atoms with Crippen LogP contribution in [0.3, 0.4) is 0 Å². The molecule has 1 nitrogen and oxygen atoms in total. The fourth-order valence-corrected chi connectivity index (χ4v) is 2.77. The molecule has 0 bridgehead atoms. The molecule has 0 aliphatic rings. The van der Waals surface area contributed by atoms with E-state index in [4.69, 9.17) is 23.2 Å². The molecule has 0 spiro atoms. The Morgan fingerprint density at radius 2 is 2.00 bits per heavy atom. The van der Waals surface area contributed by atoms with Crippen LogP contribution in [0.5, 0.6) is 0 Å². The molecule has 1 aromatic carbocycles. The van der Waals surface area contributed by atoms with Crippen molar-refractivity contribution in [3.8, 4) is 0 Å². The summed E-state index contributed by atoms with van der Waals surface area (Å²) >= 11 is 14.0. The zero-order valence-electron chi connectivity index (χ0n) is 9.63. The third-order valence-electron chi connectivity index (χ3n) is 2.59. The Morgan fingerprint density at radius 1 is 1.24 bits per heavy atom. The maximum atomic E-state index is 6.19. The molecule has 0 amide bonds. The molecular weight excluding hydrogens is 273 g/mol. The highest BCUT2D eigenvalue weighted by Crippen LogP contribution is 2.32. The molecule has 1 aromatic heterocycles.